The molecule has 0 fully saturated rings. The van der Waals surface area contributed by atoms with E-state index in [1.807, 2.05) is 13.8 Å². The van der Waals surface area contributed by atoms with E-state index in [9.17, 15) is 0 Å². The fraction of sp³-hybridized carbons (Fsp3) is 0.900. The summed E-state index contributed by atoms with van der Waals surface area (Å²) in [6.45, 7) is 8.38. The third-order valence-corrected chi connectivity index (χ3v) is 1.81. The van der Waals surface area contributed by atoms with Gasteiger partial charge in [0.25, 0.3) is 0 Å². The van der Waals surface area contributed by atoms with E-state index in [-0.39, 0.29) is 5.41 Å². The summed E-state index contributed by atoms with van der Waals surface area (Å²) < 4.78 is 5.01. The van der Waals surface area contributed by atoms with Crippen molar-refractivity contribution in [2.75, 3.05) is 26.8 Å². The molecular formula is C10H20N2O. The molecule has 1 atom stereocenters. The lowest BCUT2D eigenvalue weighted by Gasteiger charge is -2.18. The van der Waals surface area contributed by atoms with Gasteiger partial charge in [-0.3, -0.25) is 0 Å². The minimum absolute atomic E-state index is 0.271. The molecule has 0 heterocycles. The number of hydrogen-bond donors (Lipinski definition) is 1. The minimum Gasteiger partial charge on any atom is -0.384 e. The zero-order valence-electron chi connectivity index (χ0n) is 9.05. The van der Waals surface area contributed by atoms with Crippen LogP contribution in [0.3, 0.4) is 0 Å². The fourth-order valence-corrected chi connectivity index (χ4v) is 1.01. The van der Waals surface area contributed by atoms with E-state index in [1.165, 1.54) is 0 Å². The summed E-state index contributed by atoms with van der Waals surface area (Å²) in [5, 5.41) is 12.0. The Bertz CT molecular complexity index is 172. The van der Waals surface area contributed by atoms with Gasteiger partial charge in [0.1, 0.15) is 0 Å². The van der Waals surface area contributed by atoms with Gasteiger partial charge in [-0.05, 0) is 26.3 Å². The van der Waals surface area contributed by atoms with Gasteiger partial charge in [-0.2, -0.15) is 5.26 Å². The van der Waals surface area contributed by atoms with Gasteiger partial charge in [0.15, 0.2) is 0 Å². The normalized spacial score (nSPS) is 13.8. The van der Waals surface area contributed by atoms with Crippen LogP contribution in [0, 0.1) is 22.7 Å². The van der Waals surface area contributed by atoms with Crippen LogP contribution < -0.4 is 5.32 Å². The van der Waals surface area contributed by atoms with Gasteiger partial charge in [0.05, 0.1) is 11.5 Å². The molecule has 1 unspecified atom stereocenters. The van der Waals surface area contributed by atoms with Crippen molar-refractivity contribution >= 4 is 0 Å². The molecule has 0 aromatic heterocycles. The largest absolute Gasteiger partial charge is 0.384 e. The van der Waals surface area contributed by atoms with E-state index in [4.69, 9.17) is 10.00 Å². The van der Waals surface area contributed by atoms with E-state index >= 15 is 0 Å². The summed E-state index contributed by atoms with van der Waals surface area (Å²) in [7, 11) is 1.70. The molecule has 0 aliphatic rings. The standard InChI is InChI=1S/C10H20N2O/c1-9(6-13-4)5-12-8-10(2,3)7-11/h9,12H,5-6,8H2,1-4H3. The molecule has 3 nitrogen and oxygen atoms in total. The third kappa shape index (κ3) is 6.56. The van der Waals surface area contributed by atoms with Crippen molar-refractivity contribution in [3.05, 3.63) is 0 Å². The third-order valence-electron chi connectivity index (χ3n) is 1.81. The van der Waals surface area contributed by atoms with Gasteiger partial charge in [-0.25, -0.2) is 0 Å². The van der Waals surface area contributed by atoms with E-state index in [0.717, 1.165) is 19.7 Å². The van der Waals surface area contributed by atoms with Gasteiger partial charge in [-0.15, -0.1) is 0 Å². The first-order valence-corrected chi connectivity index (χ1v) is 4.63. The Balaban J connectivity index is 3.51. The molecule has 0 aliphatic heterocycles. The Morgan fingerprint density at radius 1 is 1.54 bits per heavy atom. The molecule has 0 bridgehead atoms. The highest BCUT2D eigenvalue weighted by Crippen LogP contribution is 2.10. The van der Waals surface area contributed by atoms with Crippen molar-refractivity contribution in [3.8, 4) is 6.07 Å². The number of ether oxygens (including phenoxy) is 1. The first-order valence-electron chi connectivity index (χ1n) is 4.63. The molecule has 0 aliphatic carbocycles. The maximum atomic E-state index is 8.75. The molecule has 0 aromatic carbocycles. The Labute approximate surface area is 81.1 Å². The summed E-state index contributed by atoms with van der Waals surface area (Å²) in [4.78, 5) is 0. The molecule has 0 spiro atoms. The lowest BCUT2D eigenvalue weighted by atomic mass is 9.96. The molecule has 0 amide bonds. The number of hydrogen-bond acceptors (Lipinski definition) is 3. The zero-order valence-corrected chi connectivity index (χ0v) is 9.05. The highest BCUT2D eigenvalue weighted by molar-refractivity contribution is 4.93. The summed E-state index contributed by atoms with van der Waals surface area (Å²) in [6.07, 6.45) is 0. The van der Waals surface area contributed by atoms with Gasteiger partial charge in [0.2, 0.25) is 0 Å². The quantitative estimate of drug-likeness (QED) is 0.679. The van der Waals surface area contributed by atoms with Gasteiger partial charge in [0, 0.05) is 20.3 Å². The smallest absolute Gasteiger partial charge is 0.0697 e. The average molecular weight is 184 g/mol. The lowest BCUT2D eigenvalue weighted by Crippen LogP contribution is -2.32. The van der Waals surface area contributed by atoms with Crippen LogP contribution in [0.25, 0.3) is 0 Å². The average Bonchev–Trinajstić information content (AvgIpc) is 2.05. The van der Waals surface area contributed by atoms with Gasteiger partial charge < -0.3 is 10.1 Å². The van der Waals surface area contributed by atoms with Gasteiger partial charge >= 0.3 is 0 Å². The molecule has 0 aromatic rings. The van der Waals surface area contributed by atoms with Crippen molar-refractivity contribution in [1.82, 2.24) is 5.32 Å². The van der Waals surface area contributed by atoms with E-state index in [0.29, 0.717) is 5.92 Å². The summed E-state index contributed by atoms with van der Waals surface area (Å²) in [5.41, 5.74) is -0.271. The van der Waals surface area contributed by atoms with Crippen molar-refractivity contribution < 1.29 is 4.74 Å². The van der Waals surface area contributed by atoms with Crippen LogP contribution in [-0.2, 0) is 4.74 Å². The van der Waals surface area contributed by atoms with Gasteiger partial charge in [-0.1, -0.05) is 6.92 Å². The predicted molar refractivity (Wildman–Crippen MR) is 53.3 cm³/mol. The van der Waals surface area contributed by atoms with Crippen LogP contribution in [0.2, 0.25) is 0 Å². The first-order chi connectivity index (χ1) is 6.02. The number of rotatable bonds is 6. The number of nitrogens with zero attached hydrogens (tertiary/aromatic N) is 1. The second kappa shape index (κ2) is 5.95. The van der Waals surface area contributed by atoms with Crippen molar-refractivity contribution in [2.45, 2.75) is 20.8 Å². The van der Waals surface area contributed by atoms with Crippen molar-refractivity contribution in [1.29, 1.82) is 5.26 Å². The second-order valence-electron chi connectivity index (χ2n) is 4.19. The minimum atomic E-state index is -0.271. The number of methoxy groups -OCH3 is 1. The summed E-state index contributed by atoms with van der Waals surface area (Å²) in [5.74, 6) is 0.500. The van der Waals surface area contributed by atoms with E-state index < -0.39 is 0 Å². The molecule has 13 heavy (non-hydrogen) atoms. The van der Waals surface area contributed by atoms with Crippen LogP contribution in [0.15, 0.2) is 0 Å². The Morgan fingerprint density at radius 3 is 2.62 bits per heavy atom. The number of nitrogens with one attached hydrogen (secondary N) is 1. The second-order valence-corrected chi connectivity index (χ2v) is 4.19. The van der Waals surface area contributed by atoms with Crippen LogP contribution in [0.4, 0.5) is 0 Å². The van der Waals surface area contributed by atoms with Crippen LogP contribution >= 0.6 is 0 Å². The van der Waals surface area contributed by atoms with Crippen LogP contribution in [0.5, 0.6) is 0 Å². The van der Waals surface area contributed by atoms with Crippen molar-refractivity contribution in [3.63, 3.8) is 0 Å². The summed E-state index contributed by atoms with van der Waals surface area (Å²) >= 11 is 0. The lowest BCUT2D eigenvalue weighted by molar-refractivity contribution is 0.157. The fourth-order valence-electron chi connectivity index (χ4n) is 1.01. The van der Waals surface area contributed by atoms with E-state index in [1.54, 1.807) is 7.11 Å². The Morgan fingerprint density at radius 2 is 2.15 bits per heavy atom. The first kappa shape index (κ1) is 12.4. The molecule has 0 saturated carbocycles. The molecule has 76 valence electrons. The molecule has 1 N–H and O–H groups in total. The van der Waals surface area contributed by atoms with Crippen LogP contribution in [-0.4, -0.2) is 26.8 Å². The predicted octanol–water partition coefficient (Wildman–Crippen LogP) is 1.41. The highest BCUT2D eigenvalue weighted by atomic mass is 16.5. The van der Waals surface area contributed by atoms with E-state index in [2.05, 4.69) is 18.3 Å². The Hall–Kier alpha value is -0.590. The molecular weight excluding hydrogens is 164 g/mol. The molecule has 0 saturated heterocycles. The topological polar surface area (TPSA) is 45.0 Å². The molecule has 3 heteroatoms. The monoisotopic (exact) mass is 184 g/mol. The molecule has 0 radical (unpaired) electrons. The van der Waals surface area contributed by atoms with Crippen LogP contribution in [0.1, 0.15) is 20.8 Å². The zero-order chi connectivity index (χ0) is 10.3. The Kier molecular flexibility index (Phi) is 5.68. The SMILES string of the molecule is COCC(C)CNCC(C)(C)C#N. The van der Waals surface area contributed by atoms with Crippen molar-refractivity contribution in [2.24, 2.45) is 11.3 Å². The summed E-state index contributed by atoms with van der Waals surface area (Å²) in [6, 6.07) is 2.25. The highest BCUT2D eigenvalue weighted by Gasteiger charge is 2.15. The molecule has 0 rings (SSSR count). The number of nitriles is 1. The maximum Gasteiger partial charge on any atom is 0.0697 e. The maximum absolute atomic E-state index is 8.75.